The van der Waals surface area contributed by atoms with Crippen molar-refractivity contribution in [2.45, 2.75) is 32.5 Å². The average molecular weight is 263 g/mol. The van der Waals surface area contributed by atoms with Crippen LogP contribution in [-0.2, 0) is 4.74 Å². The molecule has 2 rings (SSSR count). The highest BCUT2D eigenvalue weighted by molar-refractivity contribution is 5.17. The molecule has 1 aromatic carbocycles. The monoisotopic (exact) mass is 263 g/mol. The molecule has 106 valence electrons. The Kier molecular flexibility index (Phi) is 5.37. The predicted molar refractivity (Wildman–Crippen MR) is 77.0 cm³/mol. The van der Waals surface area contributed by atoms with Gasteiger partial charge >= 0.3 is 0 Å². The number of benzene rings is 1. The summed E-state index contributed by atoms with van der Waals surface area (Å²) in [6.07, 6.45) is 1.03. The molecule has 1 fully saturated rings. The van der Waals surface area contributed by atoms with E-state index in [1.54, 1.807) is 0 Å². The molecule has 1 heterocycles. The number of ether oxygens (including phenoxy) is 1. The number of morpholine rings is 1. The molecule has 0 aromatic heterocycles. The third kappa shape index (κ3) is 4.03. The van der Waals surface area contributed by atoms with Gasteiger partial charge in [-0.05, 0) is 17.9 Å². The maximum absolute atomic E-state index is 10.4. The van der Waals surface area contributed by atoms with Crippen molar-refractivity contribution in [2.75, 3.05) is 26.2 Å². The maximum Gasteiger partial charge on any atom is 0.0827 e. The summed E-state index contributed by atoms with van der Waals surface area (Å²) in [5.41, 5.74) is 1.01. The van der Waals surface area contributed by atoms with Gasteiger partial charge in [-0.2, -0.15) is 0 Å². The lowest BCUT2D eigenvalue weighted by Gasteiger charge is -2.35. The lowest BCUT2D eigenvalue weighted by Crippen LogP contribution is -2.44. The fraction of sp³-hybridized carbons (Fsp3) is 0.625. The molecule has 1 saturated heterocycles. The van der Waals surface area contributed by atoms with Crippen LogP contribution in [0.5, 0.6) is 0 Å². The Morgan fingerprint density at radius 1 is 1.37 bits per heavy atom. The van der Waals surface area contributed by atoms with E-state index in [-0.39, 0.29) is 12.0 Å². The number of nitrogens with zero attached hydrogens (tertiary/aromatic N) is 1. The molecule has 0 aliphatic carbocycles. The molecule has 3 atom stereocenters. The fourth-order valence-electron chi connectivity index (χ4n) is 2.68. The zero-order valence-corrected chi connectivity index (χ0v) is 12.0. The Balaban J connectivity index is 1.88. The van der Waals surface area contributed by atoms with Gasteiger partial charge < -0.3 is 9.84 Å². The summed E-state index contributed by atoms with van der Waals surface area (Å²) in [6, 6.07) is 9.93. The summed E-state index contributed by atoms with van der Waals surface area (Å²) in [7, 11) is 0. The zero-order chi connectivity index (χ0) is 13.7. The second-order valence-corrected chi connectivity index (χ2v) is 5.49. The molecule has 1 aliphatic heterocycles. The van der Waals surface area contributed by atoms with E-state index in [0.717, 1.165) is 38.2 Å². The van der Waals surface area contributed by atoms with E-state index in [1.807, 2.05) is 30.3 Å². The minimum absolute atomic E-state index is 0.234. The van der Waals surface area contributed by atoms with Gasteiger partial charge in [0, 0.05) is 19.6 Å². The first-order valence-electron chi connectivity index (χ1n) is 7.27. The number of rotatable bonds is 5. The van der Waals surface area contributed by atoms with Crippen molar-refractivity contribution in [1.29, 1.82) is 0 Å². The van der Waals surface area contributed by atoms with E-state index in [9.17, 15) is 5.11 Å². The highest BCUT2D eigenvalue weighted by Crippen LogP contribution is 2.23. The van der Waals surface area contributed by atoms with Gasteiger partial charge in [-0.1, -0.05) is 44.2 Å². The van der Waals surface area contributed by atoms with Gasteiger partial charge in [0.2, 0.25) is 0 Å². The molecule has 0 radical (unpaired) electrons. The van der Waals surface area contributed by atoms with Gasteiger partial charge in [0.05, 0.1) is 18.8 Å². The molecule has 0 bridgehead atoms. The summed E-state index contributed by atoms with van der Waals surface area (Å²) in [6.45, 7) is 7.98. The van der Waals surface area contributed by atoms with Crippen molar-refractivity contribution in [1.82, 2.24) is 4.90 Å². The van der Waals surface area contributed by atoms with E-state index >= 15 is 0 Å². The van der Waals surface area contributed by atoms with Crippen LogP contribution in [0.4, 0.5) is 0 Å². The van der Waals surface area contributed by atoms with Crippen LogP contribution in [0, 0.1) is 5.92 Å². The molecule has 3 heteroatoms. The second kappa shape index (κ2) is 7.04. The van der Waals surface area contributed by atoms with Crippen LogP contribution in [0.1, 0.15) is 31.9 Å². The normalized spacial score (nSPS) is 24.1. The highest BCUT2D eigenvalue weighted by atomic mass is 16.5. The van der Waals surface area contributed by atoms with Gasteiger partial charge in [0.15, 0.2) is 0 Å². The first-order chi connectivity index (χ1) is 9.20. The number of hydrogen-bond acceptors (Lipinski definition) is 3. The van der Waals surface area contributed by atoms with Gasteiger partial charge in [-0.3, -0.25) is 4.90 Å². The summed E-state index contributed by atoms with van der Waals surface area (Å²) in [5.74, 6) is 0.234. The van der Waals surface area contributed by atoms with Crippen LogP contribution in [-0.4, -0.2) is 42.4 Å². The van der Waals surface area contributed by atoms with Crippen LogP contribution in [0.15, 0.2) is 30.3 Å². The predicted octanol–water partition coefficient (Wildman–Crippen LogP) is 2.47. The third-order valence-electron chi connectivity index (χ3n) is 3.90. The molecule has 1 aromatic rings. The summed E-state index contributed by atoms with van der Waals surface area (Å²) in [5, 5.41) is 10.4. The Bertz CT molecular complexity index is 368. The first kappa shape index (κ1) is 14.5. The van der Waals surface area contributed by atoms with E-state index in [4.69, 9.17) is 4.74 Å². The van der Waals surface area contributed by atoms with Crippen LogP contribution in [0.2, 0.25) is 0 Å². The summed E-state index contributed by atoms with van der Waals surface area (Å²) < 4.78 is 5.68. The molecule has 0 spiro atoms. The van der Waals surface area contributed by atoms with Gasteiger partial charge in [-0.25, -0.2) is 0 Å². The quantitative estimate of drug-likeness (QED) is 0.886. The fourth-order valence-corrected chi connectivity index (χ4v) is 2.68. The molecular weight excluding hydrogens is 238 g/mol. The lowest BCUT2D eigenvalue weighted by molar-refractivity contribution is -0.0402. The highest BCUT2D eigenvalue weighted by Gasteiger charge is 2.23. The zero-order valence-electron chi connectivity index (χ0n) is 12.0. The van der Waals surface area contributed by atoms with Crippen LogP contribution < -0.4 is 0 Å². The Hall–Kier alpha value is -0.900. The molecule has 1 aliphatic rings. The second-order valence-electron chi connectivity index (χ2n) is 5.49. The number of hydrogen-bond donors (Lipinski definition) is 1. The van der Waals surface area contributed by atoms with Crippen LogP contribution in [0.25, 0.3) is 0 Å². The Morgan fingerprint density at radius 3 is 2.79 bits per heavy atom. The van der Waals surface area contributed by atoms with Gasteiger partial charge in [-0.15, -0.1) is 0 Å². The van der Waals surface area contributed by atoms with Crippen molar-refractivity contribution in [3.8, 4) is 0 Å². The van der Waals surface area contributed by atoms with Crippen molar-refractivity contribution in [3.05, 3.63) is 35.9 Å². The van der Waals surface area contributed by atoms with Crippen LogP contribution in [0.3, 0.4) is 0 Å². The lowest BCUT2D eigenvalue weighted by atomic mass is 9.96. The molecule has 1 N–H and O–H groups in total. The molecule has 0 amide bonds. The molecular formula is C16H25NO2. The van der Waals surface area contributed by atoms with E-state index in [2.05, 4.69) is 18.7 Å². The summed E-state index contributed by atoms with van der Waals surface area (Å²) in [4.78, 5) is 2.41. The van der Waals surface area contributed by atoms with Crippen molar-refractivity contribution < 1.29 is 9.84 Å². The van der Waals surface area contributed by atoms with E-state index in [1.165, 1.54) is 0 Å². The van der Waals surface area contributed by atoms with Crippen molar-refractivity contribution >= 4 is 0 Å². The average Bonchev–Trinajstić information content (AvgIpc) is 2.47. The first-order valence-corrected chi connectivity index (χ1v) is 7.27. The topological polar surface area (TPSA) is 32.7 Å². The molecule has 3 nitrogen and oxygen atoms in total. The van der Waals surface area contributed by atoms with Crippen molar-refractivity contribution in [2.24, 2.45) is 5.92 Å². The Labute approximate surface area is 116 Å². The number of aliphatic hydroxyl groups is 1. The minimum Gasteiger partial charge on any atom is -0.388 e. The largest absolute Gasteiger partial charge is 0.388 e. The smallest absolute Gasteiger partial charge is 0.0827 e. The SMILES string of the molecule is CCC1CN(CC(C)C(O)c2ccccc2)CCO1. The minimum atomic E-state index is -0.385. The summed E-state index contributed by atoms with van der Waals surface area (Å²) >= 11 is 0. The van der Waals surface area contributed by atoms with E-state index < -0.39 is 0 Å². The van der Waals surface area contributed by atoms with E-state index in [0.29, 0.717) is 6.10 Å². The third-order valence-corrected chi connectivity index (χ3v) is 3.90. The van der Waals surface area contributed by atoms with Crippen molar-refractivity contribution in [3.63, 3.8) is 0 Å². The molecule has 0 saturated carbocycles. The maximum atomic E-state index is 10.4. The molecule has 19 heavy (non-hydrogen) atoms. The van der Waals surface area contributed by atoms with Crippen LogP contribution >= 0.6 is 0 Å². The number of aliphatic hydroxyl groups excluding tert-OH is 1. The Morgan fingerprint density at radius 2 is 2.11 bits per heavy atom. The standard InChI is InChI=1S/C16H25NO2/c1-3-15-12-17(9-10-19-15)11-13(2)16(18)14-7-5-4-6-8-14/h4-8,13,15-16,18H,3,9-12H2,1-2H3. The van der Waals surface area contributed by atoms with Gasteiger partial charge in [0.1, 0.15) is 0 Å². The molecule has 3 unspecified atom stereocenters. The van der Waals surface area contributed by atoms with Gasteiger partial charge in [0.25, 0.3) is 0 Å².